The van der Waals surface area contributed by atoms with Crippen LogP contribution in [0.2, 0.25) is 0 Å². The van der Waals surface area contributed by atoms with Crippen LogP contribution in [-0.4, -0.2) is 76.2 Å². The quantitative estimate of drug-likeness (QED) is 0.708. The predicted molar refractivity (Wildman–Crippen MR) is 97.4 cm³/mol. The highest BCUT2D eigenvalue weighted by atomic mass is 32.2. The molecule has 3 rings (SSSR count). The monoisotopic (exact) mass is 383 g/mol. The van der Waals surface area contributed by atoms with E-state index in [1.807, 2.05) is 24.0 Å². The summed E-state index contributed by atoms with van der Waals surface area (Å²) >= 11 is 0. The number of benzene rings is 1. The minimum Gasteiger partial charge on any atom is -0.494 e. The predicted octanol–water partition coefficient (Wildman–Crippen LogP) is -0.622. The van der Waals surface area contributed by atoms with E-state index in [0.29, 0.717) is 31.2 Å². The Labute approximate surface area is 154 Å². The first-order chi connectivity index (χ1) is 12.5. The van der Waals surface area contributed by atoms with E-state index in [2.05, 4.69) is 0 Å². The van der Waals surface area contributed by atoms with Gasteiger partial charge < -0.3 is 19.3 Å². The number of nitrogens with zero attached hydrogens (tertiary/aromatic N) is 1. The average molecular weight is 383 g/mol. The molecule has 7 nitrogen and oxygen atoms in total. The molecule has 0 radical (unpaired) electrons. The second-order valence-electron chi connectivity index (χ2n) is 6.83. The summed E-state index contributed by atoms with van der Waals surface area (Å²) in [7, 11) is -2.85. The highest BCUT2D eigenvalue weighted by Gasteiger charge is 2.37. The molecule has 2 heterocycles. The van der Waals surface area contributed by atoms with E-state index >= 15 is 0 Å². The number of ether oxygens (including phenoxy) is 2. The molecule has 0 unspecified atom stereocenters. The standard InChI is InChI=1S/C18H26N2O5S/c1-2-24-16-3-5-17(6-4-16)25-13-18(21)20-10-8-19(9-11-20)15-7-12-26(22,23)14-15/h3-6,15H,2,7-14H2,1H3/p+1/t15-/m1/s1. The minimum atomic E-state index is -2.85. The third kappa shape index (κ3) is 4.88. The van der Waals surface area contributed by atoms with Crippen molar-refractivity contribution in [3.8, 4) is 11.5 Å². The molecule has 0 bridgehead atoms. The molecule has 0 saturated carbocycles. The van der Waals surface area contributed by atoms with E-state index in [0.717, 1.165) is 25.3 Å². The van der Waals surface area contributed by atoms with Crippen molar-refractivity contribution in [3.63, 3.8) is 0 Å². The van der Waals surface area contributed by atoms with E-state index in [4.69, 9.17) is 9.47 Å². The van der Waals surface area contributed by atoms with Crippen molar-refractivity contribution in [2.75, 3.05) is 50.9 Å². The van der Waals surface area contributed by atoms with Crippen LogP contribution in [-0.2, 0) is 14.6 Å². The van der Waals surface area contributed by atoms with Gasteiger partial charge in [-0.3, -0.25) is 4.79 Å². The first-order valence-corrected chi connectivity index (χ1v) is 11.0. The molecule has 1 N–H and O–H groups in total. The van der Waals surface area contributed by atoms with Gasteiger partial charge in [0.1, 0.15) is 23.3 Å². The molecule has 26 heavy (non-hydrogen) atoms. The second kappa shape index (κ2) is 8.26. The number of sulfone groups is 1. The van der Waals surface area contributed by atoms with Crippen LogP contribution in [0.4, 0.5) is 0 Å². The molecule has 144 valence electrons. The van der Waals surface area contributed by atoms with Gasteiger partial charge in [-0.25, -0.2) is 8.42 Å². The maximum absolute atomic E-state index is 12.3. The molecule has 1 aromatic rings. The van der Waals surface area contributed by atoms with E-state index < -0.39 is 9.84 Å². The average Bonchev–Trinajstić information content (AvgIpc) is 3.01. The molecule has 8 heteroatoms. The molecule has 2 aliphatic heterocycles. The number of nitrogens with one attached hydrogen (secondary N) is 1. The SMILES string of the molecule is CCOc1ccc(OCC(=O)N2CC[NH+]([C@@H]3CCS(=O)(=O)C3)CC2)cc1. The highest BCUT2D eigenvalue weighted by Crippen LogP contribution is 2.17. The number of quaternary nitrogens is 1. The van der Waals surface area contributed by atoms with Crippen molar-refractivity contribution in [1.82, 2.24) is 4.90 Å². The highest BCUT2D eigenvalue weighted by molar-refractivity contribution is 7.91. The van der Waals surface area contributed by atoms with Crippen LogP contribution in [0, 0.1) is 0 Å². The molecule has 2 fully saturated rings. The van der Waals surface area contributed by atoms with Crippen molar-refractivity contribution < 1.29 is 27.6 Å². The topological polar surface area (TPSA) is 77.3 Å². The van der Waals surface area contributed by atoms with E-state index in [9.17, 15) is 13.2 Å². The largest absolute Gasteiger partial charge is 0.494 e. The fraction of sp³-hybridized carbons (Fsp3) is 0.611. The number of hydrogen-bond acceptors (Lipinski definition) is 5. The van der Waals surface area contributed by atoms with Crippen molar-refractivity contribution in [2.24, 2.45) is 0 Å². The number of rotatable bonds is 6. The first kappa shape index (κ1) is 19.0. The zero-order valence-electron chi connectivity index (χ0n) is 15.1. The van der Waals surface area contributed by atoms with Gasteiger partial charge in [-0.15, -0.1) is 0 Å². The molecule has 1 aromatic carbocycles. The molecule has 2 saturated heterocycles. The molecular weight excluding hydrogens is 356 g/mol. The van der Waals surface area contributed by atoms with Crippen molar-refractivity contribution in [3.05, 3.63) is 24.3 Å². The lowest BCUT2D eigenvalue weighted by Crippen LogP contribution is -3.18. The maximum atomic E-state index is 12.3. The summed E-state index contributed by atoms with van der Waals surface area (Å²) in [4.78, 5) is 15.5. The Balaban J connectivity index is 1.42. The number of hydrogen-bond donors (Lipinski definition) is 1. The molecule has 2 aliphatic rings. The Morgan fingerprint density at radius 2 is 1.77 bits per heavy atom. The van der Waals surface area contributed by atoms with Gasteiger partial charge in [-0.2, -0.15) is 0 Å². The molecule has 0 spiro atoms. The summed E-state index contributed by atoms with van der Waals surface area (Å²) < 4.78 is 34.2. The first-order valence-electron chi connectivity index (χ1n) is 9.15. The fourth-order valence-corrected chi connectivity index (χ4v) is 5.43. The lowest BCUT2D eigenvalue weighted by molar-refractivity contribution is -0.925. The Kier molecular flexibility index (Phi) is 6.03. The Bertz CT molecular complexity index is 712. The number of carbonyl (C=O) groups excluding carboxylic acids is 1. The second-order valence-corrected chi connectivity index (χ2v) is 9.06. The van der Waals surface area contributed by atoms with Crippen molar-refractivity contribution in [2.45, 2.75) is 19.4 Å². The Morgan fingerprint density at radius 3 is 2.31 bits per heavy atom. The normalized spacial score (nSPS) is 23.0. The summed E-state index contributed by atoms with van der Waals surface area (Å²) in [5, 5.41) is 0. The lowest BCUT2D eigenvalue weighted by Gasteiger charge is -2.34. The van der Waals surface area contributed by atoms with Crippen LogP contribution in [0.1, 0.15) is 13.3 Å². The number of piperazine rings is 1. The number of carbonyl (C=O) groups is 1. The summed E-state index contributed by atoms with van der Waals surface area (Å²) in [6, 6.07) is 7.42. The van der Waals surface area contributed by atoms with E-state index in [-0.39, 0.29) is 24.3 Å². The minimum absolute atomic E-state index is 0.0150. The zero-order valence-corrected chi connectivity index (χ0v) is 16.0. The van der Waals surface area contributed by atoms with Gasteiger partial charge in [-0.05, 0) is 31.2 Å². The van der Waals surface area contributed by atoms with Crippen molar-refractivity contribution >= 4 is 15.7 Å². The van der Waals surface area contributed by atoms with Gasteiger partial charge in [0.25, 0.3) is 5.91 Å². The summed E-state index contributed by atoms with van der Waals surface area (Å²) in [5.41, 5.74) is 0. The maximum Gasteiger partial charge on any atom is 0.260 e. The van der Waals surface area contributed by atoms with Gasteiger partial charge in [0.15, 0.2) is 16.4 Å². The van der Waals surface area contributed by atoms with Crippen LogP contribution < -0.4 is 14.4 Å². The summed E-state index contributed by atoms with van der Waals surface area (Å²) in [5.74, 6) is 1.98. The zero-order chi connectivity index (χ0) is 18.6. The Morgan fingerprint density at radius 1 is 1.15 bits per heavy atom. The Hall–Kier alpha value is -1.80. The number of amides is 1. The third-order valence-electron chi connectivity index (χ3n) is 5.07. The molecule has 1 amide bonds. The van der Waals surface area contributed by atoms with Gasteiger partial charge in [0.2, 0.25) is 0 Å². The van der Waals surface area contributed by atoms with Crippen LogP contribution in [0.25, 0.3) is 0 Å². The van der Waals surface area contributed by atoms with Crippen LogP contribution in [0.3, 0.4) is 0 Å². The summed E-state index contributed by atoms with van der Waals surface area (Å²) in [6.45, 7) is 5.45. The van der Waals surface area contributed by atoms with Crippen LogP contribution in [0.5, 0.6) is 11.5 Å². The summed E-state index contributed by atoms with van der Waals surface area (Å²) in [6.07, 6.45) is 0.743. The van der Waals surface area contributed by atoms with Gasteiger partial charge in [0.05, 0.1) is 38.5 Å². The van der Waals surface area contributed by atoms with Gasteiger partial charge >= 0.3 is 0 Å². The fourth-order valence-electron chi connectivity index (χ4n) is 3.60. The molecular formula is C18H27N2O5S+. The van der Waals surface area contributed by atoms with E-state index in [1.165, 1.54) is 4.90 Å². The smallest absolute Gasteiger partial charge is 0.260 e. The van der Waals surface area contributed by atoms with Gasteiger partial charge in [0, 0.05) is 6.42 Å². The van der Waals surface area contributed by atoms with Gasteiger partial charge in [-0.1, -0.05) is 0 Å². The lowest BCUT2D eigenvalue weighted by atomic mass is 10.2. The molecule has 1 atom stereocenters. The van der Waals surface area contributed by atoms with Crippen molar-refractivity contribution in [1.29, 1.82) is 0 Å². The van der Waals surface area contributed by atoms with E-state index in [1.54, 1.807) is 12.1 Å². The molecule has 0 aromatic heterocycles. The third-order valence-corrected chi connectivity index (χ3v) is 6.83. The molecule has 0 aliphatic carbocycles. The van der Waals surface area contributed by atoms with Crippen LogP contribution in [0.15, 0.2) is 24.3 Å². The van der Waals surface area contributed by atoms with Crippen LogP contribution >= 0.6 is 0 Å².